The van der Waals surface area contributed by atoms with E-state index in [4.69, 9.17) is 4.74 Å². The topological polar surface area (TPSA) is 54.1 Å². The minimum Gasteiger partial charge on any atom is -0.490 e. The zero-order valence-corrected chi connectivity index (χ0v) is 16.9. The average Bonchev–Trinajstić information content (AvgIpc) is 3.06. The average molecular weight is 416 g/mol. The molecule has 0 spiro atoms. The van der Waals surface area contributed by atoms with Crippen molar-refractivity contribution in [1.29, 1.82) is 0 Å². The van der Waals surface area contributed by atoms with E-state index in [0.717, 1.165) is 35.0 Å². The highest BCUT2D eigenvalue weighted by Gasteiger charge is 2.50. The third kappa shape index (κ3) is 3.64. The van der Waals surface area contributed by atoms with Gasteiger partial charge in [0.1, 0.15) is 11.9 Å². The fourth-order valence-electron chi connectivity index (χ4n) is 4.19. The molecule has 1 aromatic heterocycles. The van der Waals surface area contributed by atoms with Crippen LogP contribution in [0.15, 0.2) is 48.7 Å². The molecule has 0 radical (unpaired) electrons. The van der Waals surface area contributed by atoms with Crippen LogP contribution < -0.4 is 10.1 Å². The minimum atomic E-state index is -4.33. The van der Waals surface area contributed by atoms with Gasteiger partial charge >= 0.3 is 6.18 Å². The molecule has 1 aliphatic rings. The summed E-state index contributed by atoms with van der Waals surface area (Å²) in [7, 11) is 0. The van der Waals surface area contributed by atoms with Crippen molar-refractivity contribution in [3.8, 4) is 5.75 Å². The molecule has 2 atom stereocenters. The normalized spacial score (nSPS) is 20.6. The van der Waals surface area contributed by atoms with E-state index >= 15 is 0 Å². The predicted octanol–water partition coefficient (Wildman–Crippen LogP) is 6.11. The van der Waals surface area contributed by atoms with Gasteiger partial charge in [0.05, 0.1) is 11.3 Å². The Hall–Kier alpha value is -2.96. The van der Waals surface area contributed by atoms with E-state index in [1.165, 1.54) is 6.92 Å². The van der Waals surface area contributed by atoms with Gasteiger partial charge in [-0.05, 0) is 48.2 Å². The maximum absolute atomic E-state index is 12.8. The van der Waals surface area contributed by atoms with E-state index in [-0.39, 0.29) is 23.3 Å². The molecule has 4 rings (SSSR count). The second-order valence-electron chi connectivity index (χ2n) is 8.43. The van der Waals surface area contributed by atoms with Crippen LogP contribution in [0, 0.1) is 5.41 Å². The molecule has 2 N–H and O–H groups in total. The number of halogens is 3. The summed E-state index contributed by atoms with van der Waals surface area (Å²) < 4.78 is 44.7. The van der Waals surface area contributed by atoms with Crippen LogP contribution >= 0.6 is 0 Å². The first-order chi connectivity index (χ1) is 14.1. The molecule has 2 unspecified atom stereocenters. The molecular formula is C23H23F3N2O2. The van der Waals surface area contributed by atoms with Gasteiger partial charge in [-0.2, -0.15) is 13.2 Å². The lowest BCUT2D eigenvalue weighted by Gasteiger charge is -2.51. The van der Waals surface area contributed by atoms with Crippen LogP contribution in [0.1, 0.15) is 44.2 Å². The van der Waals surface area contributed by atoms with Crippen LogP contribution in [0.25, 0.3) is 10.9 Å². The number of hydrogen-bond acceptors (Lipinski definition) is 2. The molecule has 4 nitrogen and oxygen atoms in total. The van der Waals surface area contributed by atoms with Gasteiger partial charge in [0.2, 0.25) is 5.91 Å². The molecule has 1 amide bonds. The second kappa shape index (κ2) is 7.07. The first kappa shape index (κ1) is 20.3. The number of carbonyl (C=O) groups is 1. The quantitative estimate of drug-likeness (QED) is 0.539. The zero-order valence-electron chi connectivity index (χ0n) is 16.9. The first-order valence-corrected chi connectivity index (χ1v) is 9.78. The van der Waals surface area contributed by atoms with Crippen molar-refractivity contribution >= 4 is 22.5 Å². The largest absolute Gasteiger partial charge is 0.490 e. The fraction of sp³-hybridized carbons (Fsp3) is 0.348. The number of anilines is 1. The Morgan fingerprint density at radius 2 is 1.87 bits per heavy atom. The summed E-state index contributed by atoms with van der Waals surface area (Å²) >= 11 is 0. The van der Waals surface area contributed by atoms with E-state index in [9.17, 15) is 18.0 Å². The van der Waals surface area contributed by atoms with Gasteiger partial charge in [0, 0.05) is 29.4 Å². The molecule has 3 aromatic rings. The van der Waals surface area contributed by atoms with Gasteiger partial charge in [0.25, 0.3) is 0 Å². The summed E-state index contributed by atoms with van der Waals surface area (Å²) in [4.78, 5) is 14.5. The highest BCUT2D eigenvalue weighted by Crippen LogP contribution is 2.54. The lowest BCUT2D eigenvalue weighted by molar-refractivity contribution is -0.137. The van der Waals surface area contributed by atoms with E-state index in [1.807, 2.05) is 18.2 Å². The van der Waals surface area contributed by atoms with Crippen LogP contribution in [-0.2, 0) is 11.0 Å². The SMILES string of the molecule is CC(=O)Nc1c[nH]c2ccc(OC3CC(c4ccc(C(F)(F)F)cc4)C3(C)C)cc12. The maximum atomic E-state index is 12.8. The zero-order chi connectivity index (χ0) is 21.7. The Kier molecular flexibility index (Phi) is 4.79. The van der Waals surface area contributed by atoms with Crippen LogP contribution in [0.4, 0.5) is 18.9 Å². The van der Waals surface area contributed by atoms with Gasteiger partial charge in [-0.3, -0.25) is 4.79 Å². The van der Waals surface area contributed by atoms with Gasteiger partial charge in [0.15, 0.2) is 0 Å². The number of hydrogen-bond donors (Lipinski definition) is 2. The standard InChI is InChI=1S/C23H23F3N2O2/c1-13(29)28-20-12-27-19-9-8-16(10-17(19)20)30-21-11-18(22(21,2)3)14-4-6-15(7-5-14)23(24,25)26/h4-10,12,18,21,27H,11H2,1-3H3,(H,28,29). The van der Waals surface area contributed by atoms with Crippen molar-refractivity contribution in [2.24, 2.45) is 5.41 Å². The molecule has 0 saturated heterocycles. The number of nitrogens with one attached hydrogen (secondary N) is 2. The summed E-state index contributed by atoms with van der Waals surface area (Å²) in [6.45, 7) is 5.60. The van der Waals surface area contributed by atoms with Crippen LogP contribution in [0.2, 0.25) is 0 Å². The van der Waals surface area contributed by atoms with Crippen LogP contribution in [0.3, 0.4) is 0 Å². The highest BCUT2D eigenvalue weighted by molar-refractivity contribution is 6.01. The van der Waals surface area contributed by atoms with Gasteiger partial charge < -0.3 is 15.0 Å². The maximum Gasteiger partial charge on any atom is 0.416 e. The number of alkyl halides is 3. The number of aromatic amines is 1. The minimum absolute atomic E-state index is 0.0644. The number of aromatic nitrogens is 1. The van der Waals surface area contributed by atoms with Crippen molar-refractivity contribution in [3.05, 3.63) is 59.8 Å². The van der Waals surface area contributed by atoms with E-state index < -0.39 is 11.7 Å². The molecular weight excluding hydrogens is 393 g/mol. The Labute approximate surface area is 172 Å². The summed E-state index contributed by atoms with van der Waals surface area (Å²) in [6.07, 6.45) is -1.93. The van der Waals surface area contributed by atoms with Crippen LogP contribution in [-0.4, -0.2) is 17.0 Å². The van der Waals surface area contributed by atoms with E-state index in [1.54, 1.807) is 18.3 Å². The van der Waals surface area contributed by atoms with Gasteiger partial charge in [-0.15, -0.1) is 0 Å². The van der Waals surface area contributed by atoms with Crippen molar-refractivity contribution in [2.45, 2.75) is 45.4 Å². The molecule has 2 aromatic carbocycles. The monoisotopic (exact) mass is 416 g/mol. The fourth-order valence-corrected chi connectivity index (χ4v) is 4.19. The lowest BCUT2D eigenvalue weighted by Crippen LogP contribution is -2.50. The smallest absolute Gasteiger partial charge is 0.416 e. The number of benzene rings is 2. The Morgan fingerprint density at radius 3 is 2.47 bits per heavy atom. The number of fused-ring (bicyclic) bond motifs is 1. The third-order valence-corrected chi connectivity index (χ3v) is 6.06. The van der Waals surface area contributed by atoms with Gasteiger partial charge in [-0.1, -0.05) is 26.0 Å². The Morgan fingerprint density at radius 1 is 1.17 bits per heavy atom. The van der Waals surface area contributed by atoms with Crippen molar-refractivity contribution < 1.29 is 22.7 Å². The number of carbonyl (C=O) groups excluding carboxylic acids is 1. The van der Waals surface area contributed by atoms with E-state index in [0.29, 0.717) is 11.4 Å². The van der Waals surface area contributed by atoms with E-state index in [2.05, 4.69) is 24.1 Å². The summed E-state index contributed by atoms with van der Waals surface area (Å²) in [6, 6.07) is 11.1. The molecule has 0 bridgehead atoms. The summed E-state index contributed by atoms with van der Waals surface area (Å²) in [5, 5.41) is 3.65. The molecule has 1 aliphatic carbocycles. The Balaban J connectivity index is 1.49. The van der Waals surface area contributed by atoms with Crippen LogP contribution in [0.5, 0.6) is 5.75 Å². The molecule has 0 aliphatic heterocycles. The molecule has 1 heterocycles. The third-order valence-electron chi connectivity index (χ3n) is 6.06. The first-order valence-electron chi connectivity index (χ1n) is 9.78. The molecule has 7 heteroatoms. The predicted molar refractivity (Wildman–Crippen MR) is 110 cm³/mol. The second-order valence-corrected chi connectivity index (χ2v) is 8.43. The molecule has 158 valence electrons. The van der Waals surface area contributed by atoms with Gasteiger partial charge in [-0.25, -0.2) is 0 Å². The lowest BCUT2D eigenvalue weighted by atomic mass is 9.57. The number of H-pyrrole nitrogens is 1. The molecule has 1 fully saturated rings. The number of amides is 1. The Bertz CT molecular complexity index is 1080. The number of ether oxygens (including phenoxy) is 1. The van der Waals surface area contributed by atoms with Crippen molar-refractivity contribution in [3.63, 3.8) is 0 Å². The summed E-state index contributed by atoms with van der Waals surface area (Å²) in [5.41, 5.74) is 1.61. The number of rotatable bonds is 4. The van der Waals surface area contributed by atoms with Crippen molar-refractivity contribution in [2.75, 3.05) is 5.32 Å². The molecule has 30 heavy (non-hydrogen) atoms. The van der Waals surface area contributed by atoms with Crippen molar-refractivity contribution in [1.82, 2.24) is 4.98 Å². The summed E-state index contributed by atoms with van der Waals surface area (Å²) in [5.74, 6) is 0.662. The highest BCUT2D eigenvalue weighted by atomic mass is 19.4. The molecule has 1 saturated carbocycles.